The number of esters is 1. The second kappa shape index (κ2) is 8.16. The maximum absolute atomic E-state index is 13.4. The molecular weight excluding hydrogens is 416 g/mol. The third-order valence-corrected chi connectivity index (χ3v) is 6.96. The summed E-state index contributed by atoms with van der Waals surface area (Å²) < 4.78 is 7.26. The van der Waals surface area contributed by atoms with Crippen LogP contribution < -0.4 is 14.9 Å². The first-order valence-corrected chi connectivity index (χ1v) is 11.3. The molecule has 5 nitrogen and oxygen atoms in total. The van der Waals surface area contributed by atoms with Crippen molar-refractivity contribution >= 4 is 34.7 Å². The number of nitrogens with zero attached hydrogens (tertiary/aromatic N) is 2. The van der Waals surface area contributed by atoms with Gasteiger partial charge >= 0.3 is 5.97 Å². The lowest BCUT2D eigenvalue weighted by molar-refractivity contribution is -0.136. The van der Waals surface area contributed by atoms with Gasteiger partial charge in [-0.1, -0.05) is 55.5 Å². The fraction of sp³-hybridized carbons (Fsp3) is 0.261. The minimum absolute atomic E-state index is 0.154. The van der Waals surface area contributed by atoms with E-state index < -0.39 is 12.0 Å². The quantitative estimate of drug-likeness (QED) is 0.585. The van der Waals surface area contributed by atoms with Crippen molar-refractivity contribution in [3.63, 3.8) is 0 Å². The molecule has 0 unspecified atom stereocenters. The zero-order valence-corrected chi connectivity index (χ0v) is 18.8. The Kier molecular flexibility index (Phi) is 5.58. The predicted molar refractivity (Wildman–Crippen MR) is 121 cm³/mol. The van der Waals surface area contributed by atoms with E-state index >= 15 is 0 Å². The van der Waals surface area contributed by atoms with Gasteiger partial charge in [-0.15, -0.1) is 11.3 Å². The van der Waals surface area contributed by atoms with E-state index in [4.69, 9.17) is 4.74 Å². The van der Waals surface area contributed by atoms with Crippen LogP contribution in [0.5, 0.6) is 0 Å². The van der Waals surface area contributed by atoms with Crippen molar-refractivity contribution in [2.75, 3.05) is 7.11 Å². The average molecular weight is 439 g/mol. The Morgan fingerprint density at radius 3 is 2.57 bits per heavy atom. The van der Waals surface area contributed by atoms with E-state index in [2.05, 4.69) is 18.8 Å². The number of aromatic nitrogens is 1. The third kappa shape index (κ3) is 3.59. The number of benzene rings is 1. The van der Waals surface area contributed by atoms with E-state index in [1.165, 1.54) is 24.0 Å². The Hall–Kier alpha value is -2.77. The number of rotatable bonds is 4. The van der Waals surface area contributed by atoms with Crippen LogP contribution in [0.4, 0.5) is 0 Å². The summed E-state index contributed by atoms with van der Waals surface area (Å²) >= 11 is 2.91. The van der Waals surface area contributed by atoms with Gasteiger partial charge in [0.25, 0.3) is 5.56 Å². The van der Waals surface area contributed by atoms with Gasteiger partial charge in [0, 0.05) is 4.88 Å². The molecule has 1 aliphatic rings. The van der Waals surface area contributed by atoms with E-state index in [9.17, 15) is 9.59 Å². The molecule has 0 aliphatic carbocycles. The Morgan fingerprint density at radius 1 is 1.23 bits per heavy atom. The minimum Gasteiger partial charge on any atom is -0.466 e. The van der Waals surface area contributed by atoms with E-state index in [-0.39, 0.29) is 5.56 Å². The van der Waals surface area contributed by atoms with Crippen molar-refractivity contribution in [2.24, 2.45) is 4.99 Å². The molecule has 1 aromatic carbocycles. The number of carbonyl (C=O) groups excluding carboxylic acids is 1. The largest absolute Gasteiger partial charge is 0.466 e. The second-order valence-electron chi connectivity index (χ2n) is 7.41. The number of methoxy groups -OCH3 is 1. The number of fused-ring (bicyclic) bond motifs is 1. The molecule has 0 saturated heterocycles. The number of carbonyl (C=O) groups is 1. The molecule has 154 valence electrons. The summed E-state index contributed by atoms with van der Waals surface area (Å²) in [5.74, 6) is -0.0779. The molecule has 1 atom stereocenters. The molecular formula is C23H22N2O3S2. The van der Waals surface area contributed by atoms with Crippen LogP contribution in [0.15, 0.2) is 62.8 Å². The maximum Gasteiger partial charge on any atom is 0.338 e. The molecule has 0 saturated carbocycles. The number of thiazole rings is 1. The molecule has 7 heteroatoms. The first-order valence-electron chi connectivity index (χ1n) is 9.65. The monoisotopic (exact) mass is 438 g/mol. The molecule has 30 heavy (non-hydrogen) atoms. The first kappa shape index (κ1) is 20.5. The molecule has 3 heterocycles. The van der Waals surface area contributed by atoms with Gasteiger partial charge in [-0.05, 0) is 41.5 Å². The Bertz CT molecular complexity index is 1290. The summed E-state index contributed by atoms with van der Waals surface area (Å²) in [7, 11) is 1.35. The zero-order chi connectivity index (χ0) is 21.4. The van der Waals surface area contributed by atoms with Crippen molar-refractivity contribution in [1.29, 1.82) is 0 Å². The molecule has 0 N–H and O–H groups in total. The van der Waals surface area contributed by atoms with Crippen LogP contribution >= 0.6 is 22.7 Å². The molecule has 0 amide bonds. The van der Waals surface area contributed by atoms with Gasteiger partial charge in [-0.3, -0.25) is 9.36 Å². The van der Waals surface area contributed by atoms with Crippen molar-refractivity contribution in [3.8, 4) is 0 Å². The average Bonchev–Trinajstić information content (AvgIpc) is 3.35. The smallest absolute Gasteiger partial charge is 0.338 e. The van der Waals surface area contributed by atoms with Crippen molar-refractivity contribution in [2.45, 2.75) is 32.7 Å². The molecule has 0 fully saturated rings. The molecule has 0 radical (unpaired) electrons. The van der Waals surface area contributed by atoms with Gasteiger partial charge in [-0.25, -0.2) is 9.79 Å². The highest BCUT2D eigenvalue weighted by Gasteiger charge is 2.33. The van der Waals surface area contributed by atoms with Crippen LogP contribution in [-0.2, 0) is 9.53 Å². The van der Waals surface area contributed by atoms with Gasteiger partial charge in [0.15, 0.2) is 4.80 Å². The topological polar surface area (TPSA) is 60.7 Å². The van der Waals surface area contributed by atoms with Crippen LogP contribution in [0, 0.1) is 0 Å². The first-order chi connectivity index (χ1) is 14.4. The fourth-order valence-electron chi connectivity index (χ4n) is 3.57. The highest BCUT2D eigenvalue weighted by molar-refractivity contribution is 7.11. The van der Waals surface area contributed by atoms with Crippen LogP contribution in [0.25, 0.3) is 6.08 Å². The number of hydrogen-bond acceptors (Lipinski definition) is 6. The summed E-state index contributed by atoms with van der Waals surface area (Å²) in [6, 6.07) is 11.4. The summed E-state index contributed by atoms with van der Waals surface area (Å²) in [6.07, 6.45) is 1.88. The van der Waals surface area contributed by atoms with Gasteiger partial charge in [0.05, 0.1) is 29.0 Å². The van der Waals surface area contributed by atoms with E-state index in [0.717, 1.165) is 10.4 Å². The number of ether oxygens (including phenoxy) is 1. The summed E-state index contributed by atoms with van der Waals surface area (Å²) in [6.45, 7) is 6.05. The maximum atomic E-state index is 13.4. The van der Waals surface area contributed by atoms with E-state index in [0.29, 0.717) is 26.5 Å². The summed E-state index contributed by atoms with van der Waals surface area (Å²) in [5.41, 5.74) is 2.87. The third-order valence-electron chi connectivity index (χ3n) is 5.16. The zero-order valence-electron chi connectivity index (χ0n) is 17.2. The van der Waals surface area contributed by atoms with Crippen molar-refractivity contribution in [1.82, 2.24) is 4.57 Å². The lowest BCUT2D eigenvalue weighted by Gasteiger charge is -2.24. The lowest BCUT2D eigenvalue weighted by atomic mass is 9.93. The van der Waals surface area contributed by atoms with E-state index in [1.807, 2.05) is 47.9 Å². The molecule has 4 rings (SSSR count). The van der Waals surface area contributed by atoms with Crippen molar-refractivity contribution < 1.29 is 9.53 Å². The molecule has 2 aromatic heterocycles. The Morgan fingerprint density at radius 2 is 1.97 bits per heavy atom. The van der Waals surface area contributed by atoms with Gasteiger partial charge in [0.1, 0.15) is 0 Å². The Balaban J connectivity index is 1.95. The standard InChI is InChI=1S/C23H22N2O3S2/c1-13(2)15-7-9-16(10-8-15)20-19(22(27)28-4)14(3)24-23-25(20)21(26)18(30-23)12-17-6-5-11-29-17/h5-13,20H,1-4H3/b18-12+/t20-/m0/s1. The second-order valence-corrected chi connectivity index (χ2v) is 9.40. The number of allylic oxidation sites excluding steroid dienone is 1. The van der Waals surface area contributed by atoms with Gasteiger partial charge in [0.2, 0.25) is 0 Å². The summed E-state index contributed by atoms with van der Waals surface area (Å²) in [5, 5.41) is 1.97. The van der Waals surface area contributed by atoms with Crippen LogP contribution in [0.2, 0.25) is 0 Å². The molecule has 0 spiro atoms. The lowest BCUT2D eigenvalue weighted by Crippen LogP contribution is -2.39. The molecule has 0 bridgehead atoms. The molecule has 1 aliphatic heterocycles. The van der Waals surface area contributed by atoms with Crippen molar-refractivity contribution in [3.05, 3.63) is 88.7 Å². The fourth-order valence-corrected chi connectivity index (χ4v) is 5.34. The SMILES string of the molecule is COC(=O)C1=C(C)N=c2s/c(=C/c3cccs3)c(=O)n2[C@H]1c1ccc(C(C)C)cc1. The number of thiophene rings is 1. The Labute approximate surface area is 182 Å². The molecule has 3 aromatic rings. The highest BCUT2D eigenvalue weighted by atomic mass is 32.1. The number of hydrogen-bond donors (Lipinski definition) is 0. The van der Waals surface area contributed by atoms with Crippen LogP contribution in [0.3, 0.4) is 0 Å². The van der Waals surface area contributed by atoms with Crippen LogP contribution in [0.1, 0.15) is 48.7 Å². The van der Waals surface area contributed by atoms with Gasteiger partial charge in [-0.2, -0.15) is 0 Å². The van der Waals surface area contributed by atoms with Gasteiger partial charge < -0.3 is 4.74 Å². The summed E-state index contributed by atoms with van der Waals surface area (Å²) in [4.78, 5) is 32.2. The normalized spacial score (nSPS) is 16.6. The highest BCUT2D eigenvalue weighted by Crippen LogP contribution is 2.31. The minimum atomic E-state index is -0.569. The van der Waals surface area contributed by atoms with Crippen LogP contribution in [-0.4, -0.2) is 17.6 Å². The predicted octanol–water partition coefficient (Wildman–Crippen LogP) is 3.59. The van der Waals surface area contributed by atoms with E-state index in [1.54, 1.807) is 22.8 Å².